The third-order valence-corrected chi connectivity index (χ3v) is 3.46. The van der Waals surface area contributed by atoms with Gasteiger partial charge < -0.3 is 5.32 Å². The second-order valence-electron chi connectivity index (χ2n) is 6.45. The maximum absolute atomic E-state index is 4.64. The summed E-state index contributed by atoms with van der Waals surface area (Å²) in [4.78, 5) is 0. The van der Waals surface area contributed by atoms with Crippen LogP contribution in [-0.4, -0.2) is 25.1 Å². The van der Waals surface area contributed by atoms with Gasteiger partial charge in [0.25, 0.3) is 0 Å². The Kier molecular flexibility index (Phi) is 3.73. The average molecular weight is 275 g/mol. The van der Waals surface area contributed by atoms with Crippen LogP contribution >= 0.6 is 0 Å². The standard InChI is InChI=1S/C15H25N5/c1-10-13(11(2)20(7)17-10)14-12(9-19(6)18-14)8-16-15(3,4)5/h9,16H,8H2,1-7H3. The maximum atomic E-state index is 4.64. The number of rotatable bonds is 3. The van der Waals surface area contributed by atoms with E-state index in [4.69, 9.17) is 0 Å². The van der Waals surface area contributed by atoms with Crippen LogP contribution in [0.2, 0.25) is 0 Å². The lowest BCUT2D eigenvalue weighted by Crippen LogP contribution is -2.35. The Bertz CT molecular complexity index is 613. The first kappa shape index (κ1) is 14.8. The Morgan fingerprint density at radius 1 is 1.15 bits per heavy atom. The molecule has 20 heavy (non-hydrogen) atoms. The highest BCUT2D eigenvalue weighted by molar-refractivity contribution is 5.67. The summed E-state index contributed by atoms with van der Waals surface area (Å²) in [5.74, 6) is 0. The average Bonchev–Trinajstić information content (AvgIpc) is 2.77. The molecule has 0 saturated heterocycles. The van der Waals surface area contributed by atoms with Gasteiger partial charge in [-0.2, -0.15) is 10.2 Å². The Labute approximate surface area is 121 Å². The topological polar surface area (TPSA) is 47.7 Å². The molecule has 0 aliphatic carbocycles. The number of hydrogen-bond acceptors (Lipinski definition) is 3. The maximum Gasteiger partial charge on any atom is 0.100 e. The first-order valence-electron chi connectivity index (χ1n) is 6.97. The van der Waals surface area contributed by atoms with Crippen LogP contribution in [0.15, 0.2) is 6.20 Å². The largest absolute Gasteiger partial charge is 0.308 e. The summed E-state index contributed by atoms with van der Waals surface area (Å²) in [6, 6.07) is 0. The predicted molar refractivity (Wildman–Crippen MR) is 81.5 cm³/mol. The highest BCUT2D eigenvalue weighted by Gasteiger charge is 2.19. The van der Waals surface area contributed by atoms with Crippen LogP contribution in [0.5, 0.6) is 0 Å². The quantitative estimate of drug-likeness (QED) is 0.935. The molecule has 2 aromatic rings. The molecule has 5 nitrogen and oxygen atoms in total. The van der Waals surface area contributed by atoms with Gasteiger partial charge in [-0.25, -0.2) is 0 Å². The normalized spacial score (nSPS) is 12.2. The Morgan fingerprint density at radius 3 is 2.30 bits per heavy atom. The van der Waals surface area contributed by atoms with E-state index in [1.165, 1.54) is 5.56 Å². The van der Waals surface area contributed by atoms with Crippen molar-refractivity contribution >= 4 is 0 Å². The van der Waals surface area contributed by atoms with E-state index in [9.17, 15) is 0 Å². The van der Waals surface area contributed by atoms with Crippen LogP contribution in [0.4, 0.5) is 0 Å². The smallest absolute Gasteiger partial charge is 0.100 e. The second kappa shape index (κ2) is 5.05. The molecule has 0 radical (unpaired) electrons. The van der Waals surface area contributed by atoms with Gasteiger partial charge in [0.1, 0.15) is 5.69 Å². The van der Waals surface area contributed by atoms with Gasteiger partial charge in [0.15, 0.2) is 0 Å². The predicted octanol–water partition coefficient (Wildman–Crippen LogP) is 2.33. The minimum absolute atomic E-state index is 0.0894. The van der Waals surface area contributed by atoms with Crippen molar-refractivity contribution in [3.63, 3.8) is 0 Å². The Hall–Kier alpha value is -1.62. The molecule has 0 spiro atoms. The minimum atomic E-state index is 0.0894. The number of hydrogen-bond donors (Lipinski definition) is 1. The summed E-state index contributed by atoms with van der Waals surface area (Å²) >= 11 is 0. The molecule has 5 heteroatoms. The van der Waals surface area contributed by atoms with Crippen molar-refractivity contribution in [2.24, 2.45) is 14.1 Å². The number of nitrogens with one attached hydrogen (secondary N) is 1. The summed E-state index contributed by atoms with van der Waals surface area (Å²) in [6.45, 7) is 11.4. The molecule has 2 rings (SSSR count). The number of aryl methyl sites for hydroxylation is 3. The van der Waals surface area contributed by atoms with Crippen LogP contribution in [0.25, 0.3) is 11.3 Å². The second-order valence-corrected chi connectivity index (χ2v) is 6.45. The van der Waals surface area contributed by atoms with E-state index in [2.05, 4.69) is 49.4 Å². The lowest BCUT2D eigenvalue weighted by atomic mass is 10.0. The molecule has 110 valence electrons. The minimum Gasteiger partial charge on any atom is -0.308 e. The fraction of sp³-hybridized carbons (Fsp3) is 0.600. The molecule has 1 N–H and O–H groups in total. The van der Waals surface area contributed by atoms with Crippen LogP contribution < -0.4 is 5.32 Å². The molecule has 0 fully saturated rings. The monoisotopic (exact) mass is 275 g/mol. The zero-order valence-electron chi connectivity index (χ0n) is 13.6. The molecule has 0 aromatic carbocycles. The van der Waals surface area contributed by atoms with Gasteiger partial charge in [-0.3, -0.25) is 9.36 Å². The van der Waals surface area contributed by atoms with Crippen molar-refractivity contribution in [1.82, 2.24) is 24.9 Å². The molecule has 0 amide bonds. The Morgan fingerprint density at radius 2 is 1.80 bits per heavy atom. The molecular formula is C15H25N5. The van der Waals surface area contributed by atoms with Crippen molar-refractivity contribution in [2.75, 3.05) is 0 Å². The van der Waals surface area contributed by atoms with Crippen molar-refractivity contribution in [3.05, 3.63) is 23.1 Å². The van der Waals surface area contributed by atoms with Crippen molar-refractivity contribution in [1.29, 1.82) is 0 Å². The van der Waals surface area contributed by atoms with E-state index in [0.29, 0.717) is 0 Å². The van der Waals surface area contributed by atoms with Gasteiger partial charge in [0.05, 0.1) is 5.69 Å². The highest BCUT2D eigenvalue weighted by Crippen LogP contribution is 2.28. The van der Waals surface area contributed by atoms with E-state index in [1.807, 2.05) is 30.4 Å². The van der Waals surface area contributed by atoms with E-state index in [0.717, 1.165) is 29.2 Å². The molecule has 0 saturated carbocycles. The number of nitrogens with zero attached hydrogens (tertiary/aromatic N) is 4. The van der Waals surface area contributed by atoms with E-state index < -0.39 is 0 Å². The summed E-state index contributed by atoms with van der Waals surface area (Å²) in [7, 11) is 3.94. The summed E-state index contributed by atoms with van der Waals surface area (Å²) in [6.07, 6.45) is 2.08. The van der Waals surface area contributed by atoms with E-state index in [-0.39, 0.29) is 5.54 Å². The third-order valence-electron chi connectivity index (χ3n) is 3.46. The van der Waals surface area contributed by atoms with Gasteiger partial charge in [-0.05, 0) is 34.6 Å². The van der Waals surface area contributed by atoms with Crippen LogP contribution in [0.1, 0.15) is 37.7 Å². The third kappa shape index (κ3) is 2.93. The molecule has 0 aliphatic heterocycles. The van der Waals surface area contributed by atoms with Crippen LogP contribution in [0.3, 0.4) is 0 Å². The van der Waals surface area contributed by atoms with Gasteiger partial charge in [-0.1, -0.05) is 0 Å². The fourth-order valence-corrected chi connectivity index (χ4v) is 2.35. The summed E-state index contributed by atoms with van der Waals surface area (Å²) < 4.78 is 3.79. The van der Waals surface area contributed by atoms with Crippen LogP contribution in [-0.2, 0) is 20.6 Å². The molecular weight excluding hydrogens is 250 g/mol. The molecule has 0 aliphatic rings. The first-order valence-corrected chi connectivity index (χ1v) is 6.97. The molecule has 0 unspecified atom stereocenters. The Balaban J connectivity index is 2.42. The van der Waals surface area contributed by atoms with Crippen molar-refractivity contribution in [2.45, 2.75) is 46.7 Å². The van der Waals surface area contributed by atoms with Gasteiger partial charge in [-0.15, -0.1) is 0 Å². The van der Waals surface area contributed by atoms with Gasteiger partial charge in [0, 0.05) is 49.2 Å². The van der Waals surface area contributed by atoms with Crippen LogP contribution in [0, 0.1) is 13.8 Å². The van der Waals surface area contributed by atoms with Crippen molar-refractivity contribution in [3.8, 4) is 11.3 Å². The molecule has 0 atom stereocenters. The SMILES string of the molecule is Cc1nn(C)c(C)c1-c1nn(C)cc1CNC(C)(C)C. The number of aromatic nitrogens is 4. The first-order chi connectivity index (χ1) is 9.19. The molecule has 2 aromatic heterocycles. The lowest BCUT2D eigenvalue weighted by molar-refractivity contribution is 0.424. The molecule has 2 heterocycles. The van der Waals surface area contributed by atoms with Crippen molar-refractivity contribution < 1.29 is 0 Å². The van der Waals surface area contributed by atoms with Gasteiger partial charge in [0.2, 0.25) is 0 Å². The van der Waals surface area contributed by atoms with Gasteiger partial charge >= 0.3 is 0 Å². The zero-order chi connectivity index (χ0) is 15.1. The zero-order valence-corrected chi connectivity index (χ0v) is 13.6. The fourth-order valence-electron chi connectivity index (χ4n) is 2.35. The summed E-state index contributed by atoms with van der Waals surface area (Å²) in [5, 5.41) is 12.7. The highest BCUT2D eigenvalue weighted by atomic mass is 15.3. The van der Waals surface area contributed by atoms with E-state index >= 15 is 0 Å². The molecule has 0 bridgehead atoms. The van der Waals surface area contributed by atoms with E-state index in [1.54, 1.807) is 0 Å². The summed E-state index contributed by atoms with van der Waals surface area (Å²) in [5.41, 5.74) is 5.67. The lowest BCUT2D eigenvalue weighted by Gasteiger charge is -2.20.